The Morgan fingerprint density at radius 1 is 1.08 bits per heavy atom. The minimum atomic E-state index is -0.376. The first kappa shape index (κ1) is 25.9. The number of aryl methyl sites for hydroxylation is 2. The molecule has 0 bridgehead atoms. The molecule has 0 aliphatic carbocycles. The molecule has 192 valence electrons. The van der Waals surface area contributed by atoms with Gasteiger partial charge in [0, 0.05) is 49.7 Å². The summed E-state index contributed by atoms with van der Waals surface area (Å²) in [5.41, 5.74) is 4.65. The highest BCUT2D eigenvalue weighted by Crippen LogP contribution is 2.24. The molecule has 4 rings (SSSR count). The lowest BCUT2D eigenvalue weighted by atomic mass is 10.0. The Morgan fingerprint density at radius 3 is 2.56 bits per heavy atom. The summed E-state index contributed by atoms with van der Waals surface area (Å²) in [6, 6.07) is 13.8. The van der Waals surface area contributed by atoms with Crippen LogP contribution in [0.15, 0.2) is 47.3 Å². The van der Waals surface area contributed by atoms with E-state index in [4.69, 9.17) is 9.84 Å². The van der Waals surface area contributed by atoms with Crippen molar-refractivity contribution in [3.63, 3.8) is 0 Å². The van der Waals surface area contributed by atoms with Crippen molar-refractivity contribution in [3.8, 4) is 5.75 Å². The van der Waals surface area contributed by atoms with E-state index in [1.54, 1.807) is 29.9 Å². The number of aliphatic hydroxyl groups excluding tert-OH is 1. The number of piperidine rings is 1. The van der Waals surface area contributed by atoms with Crippen molar-refractivity contribution in [2.75, 3.05) is 33.4 Å². The molecule has 0 radical (unpaired) electrons. The van der Waals surface area contributed by atoms with Gasteiger partial charge in [0.15, 0.2) is 0 Å². The summed E-state index contributed by atoms with van der Waals surface area (Å²) in [6.45, 7) is 7.30. The topological polar surface area (TPSA) is 95.8 Å². The van der Waals surface area contributed by atoms with Crippen molar-refractivity contribution < 1.29 is 14.6 Å². The van der Waals surface area contributed by atoms with Crippen LogP contribution in [0.2, 0.25) is 0 Å². The van der Waals surface area contributed by atoms with E-state index in [0.717, 1.165) is 32.5 Å². The summed E-state index contributed by atoms with van der Waals surface area (Å²) in [7, 11) is 1.58. The number of rotatable bonds is 9. The van der Waals surface area contributed by atoms with Crippen LogP contribution in [0.25, 0.3) is 10.9 Å². The van der Waals surface area contributed by atoms with Crippen LogP contribution >= 0.6 is 0 Å². The number of pyridine rings is 1. The molecule has 0 saturated carbocycles. The quantitative estimate of drug-likeness (QED) is 0.425. The molecule has 1 amide bonds. The summed E-state index contributed by atoms with van der Waals surface area (Å²) in [4.78, 5) is 28.1. The van der Waals surface area contributed by atoms with E-state index in [1.165, 1.54) is 22.8 Å². The third-order valence-corrected chi connectivity index (χ3v) is 7.06. The van der Waals surface area contributed by atoms with Gasteiger partial charge in [-0.1, -0.05) is 18.2 Å². The monoisotopic (exact) mass is 492 g/mol. The number of methoxy groups -OCH3 is 1. The van der Waals surface area contributed by atoms with E-state index in [-0.39, 0.29) is 24.6 Å². The number of nitrogens with zero attached hydrogens (tertiary/aromatic N) is 2. The van der Waals surface area contributed by atoms with Crippen LogP contribution in [0.3, 0.4) is 0 Å². The van der Waals surface area contributed by atoms with E-state index < -0.39 is 0 Å². The standard InChI is InChI=1S/C28H36N4O4/c1-19-4-5-21(14-20(19)2)17-30-22-8-11-31(12-9-22)18-32-26-15-23(36-3)6-7-24(26)25(16-27(32)34)28(35)29-10-13-33/h4-7,14-16,22,30,33H,8-13,17-18H2,1-3H3,(H,29,35). The van der Waals surface area contributed by atoms with Gasteiger partial charge in [-0.2, -0.15) is 0 Å². The second kappa shape index (κ2) is 11.7. The lowest BCUT2D eigenvalue weighted by molar-refractivity contribution is 0.0946. The number of aromatic nitrogens is 1. The Bertz CT molecular complexity index is 1280. The molecule has 0 atom stereocenters. The summed E-state index contributed by atoms with van der Waals surface area (Å²) in [5.74, 6) is 0.247. The smallest absolute Gasteiger partial charge is 0.252 e. The van der Waals surface area contributed by atoms with Crippen LogP contribution in [-0.4, -0.2) is 59.9 Å². The summed E-state index contributed by atoms with van der Waals surface area (Å²) >= 11 is 0. The number of fused-ring (bicyclic) bond motifs is 1. The molecule has 1 aromatic heterocycles. The van der Waals surface area contributed by atoms with Crippen LogP contribution < -0.4 is 20.9 Å². The minimum absolute atomic E-state index is 0.131. The molecule has 36 heavy (non-hydrogen) atoms. The van der Waals surface area contributed by atoms with Crippen molar-refractivity contribution in [1.29, 1.82) is 0 Å². The Balaban J connectivity index is 1.46. The predicted octanol–water partition coefficient (Wildman–Crippen LogP) is 2.56. The molecule has 1 aliphatic rings. The SMILES string of the molecule is COc1ccc2c(C(=O)NCCO)cc(=O)n(CN3CCC(NCc4ccc(C)c(C)c4)CC3)c2c1. The largest absolute Gasteiger partial charge is 0.497 e. The number of nitrogens with one attached hydrogen (secondary N) is 2. The maximum atomic E-state index is 13.1. The lowest BCUT2D eigenvalue weighted by Crippen LogP contribution is -2.44. The molecular formula is C28H36N4O4. The van der Waals surface area contributed by atoms with Crippen LogP contribution in [0.4, 0.5) is 0 Å². The van der Waals surface area contributed by atoms with E-state index in [9.17, 15) is 9.59 Å². The number of amides is 1. The molecule has 0 unspecified atom stereocenters. The van der Waals surface area contributed by atoms with Crippen LogP contribution in [0.5, 0.6) is 5.75 Å². The van der Waals surface area contributed by atoms with E-state index in [1.807, 2.05) is 0 Å². The third kappa shape index (κ3) is 5.95. The van der Waals surface area contributed by atoms with Gasteiger partial charge in [-0.25, -0.2) is 0 Å². The highest BCUT2D eigenvalue weighted by atomic mass is 16.5. The van der Waals surface area contributed by atoms with Gasteiger partial charge in [0.25, 0.3) is 11.5 Å². The van der Waals surface area contributed by atoms with Crippen LogP contribution in [0, 0.1) is 13.8 Å². The van der Waals surface area contributed by atoms with E-state index in [2.05, 4.69) is 47.6 Å². The number of ether oxygens (including phenoxy) is 1. The van der Waals surface area contributed by atoms with Crippen molar-refractivity contribution in [3.05, 3.63) is 75.1 Å². The van der Waals surface area contributed by atoms with Gasteiger partial charge in [0.1, 0.15) is 5.75 Å². The Morgan fingerprint density at radius 2 is 1.86 bits per heavy atom. The van der Waals surface area contributed by atoms with Crippen LogP contribution in [0.1, 0.15) is 39.9 Å². The number of benzene rings is 2. The zero-order chi connectivity index (χ0) is 25.7. The number of hydrogen-bond acceptors (Lipinski definition) is 6. The Labute approximate surface area is 211 Å². The molecule has 2 aromatic carbocycles. The summed E-state index contributed by atoms with van der Waals surface area (Å²) < 4.78 is 7.10. The third-order valence-electron chi connectivity index (χ3n) is 7.06. The molecule has 2 heterocycles. The fraction of sp³-hybridized carbons (Fsp3) is 0.429. The van der Waals surface area contributed by atoms with Crippen molar-refractivity contribution in [1.82, 2.24) is 20.1 Å². The second-order valence-corrected chi connectivity index (χ2v) is 9.52. The predicted molar refractivity (Wildman–Crippen MR) is 142 cm³/mol. The van der Waals surface area contributed by atoms with Gasteiger partial charge in [-0.3, -0.25) is 19.1 Å². The number of likely N-dealkylation sites (tertiary alicyclic amines) is 1. The van der Waals surface area contributed by atoms with Gasteiger partial charge >= 0.3 is 0 Å². The average Bonchev–Trinajstić information content (AvgIpc) is 2.89. The summed E-state index contributed by atoms with van der Waals surface area (Å²) in [5, 5.41) is 16.1. The molecule has 1 fully saturated rings. The first-order chi connectivity index (χ1) is 17.4. The molecule has 3 aromatic rings. The number of aliphatic hydroxyl groups is 1. The van der Waals surface area contributed by atoms with Crippen LogP contribution in [-0.2, 0) is 13.2 Å². The highest BCUT2D eigenvalue weighted by Gasteiger charge is 2.21. The van der Waals surface area contributed by atoms with Gasteiger partial charge in [-0.15, -0.1) is 0 Å². The molecule has 1 saturated heterocycles. The Kier molecular flexibility index (Phi) is 8.40. The maximum absolute atomic E-state index is 13.1. The molecule has 0 spiro atoms. The average molecular weight is 493 g/mol. The fourth-order valence-corrected chi connectivity index (χ4v) is 4.74. The number of carbonyl (C=O) groups excluding carboxylic acids is 1. The first-order valence-corrected chi connectivity index (χ1v) is 12.5. The lowest BCUT2D eigenvalue weighted by Gasteiger charge is -2.33. The Hall–Kier alpha value is -3.20. The first-order valence-electron chi connectivity index (χ1n) is 12.5. The summed E-state index contributed by atoms with van der Waals surface area (Å²) in [6.07, 6.45) is 2.00. The molecule has 1 aliphatic heterocycles. The van der Waals surface area contributed by atoms with Gasteiger partial charge < -0.3 is 20.5 Å². The molecular weight excluding hydrogens is 456 g/mol. The van der Waals surface area contributed by atoms with E-state index >= 15 is 0 Å². The minimum Gasteiger partial charge on any atom is -0.497 e. The van der Waals surface area contributed by atoms with Crippen molar-refractivity contribution >= 4 is 16.8 Å². The van der Waals surface area contributed by atoms with Gasteiger partial charge in [-0.05, 0) is 55.5 Å². The van der Waals surface area contributed by atoms with Gasteiger partial charge in [0.05, 0.1) is 31.5 Å². The fourth-order valence-electron chi connectivity index (χ4n) is 4.74. The highest BCUT2D eigenvalue weighted by molar-refractivity contribution is 6.06. The van der Waals surface area contributed by atoms with Crippen molar-refractivity contribution in [2.45, 2.75) is 45.9 Å². The molecule has 8 nitrogen and oxygen atoms in total. The van der Waals surface area contributed by atoms with E-state index in [0.29, 0.717) is 34.9 Å². The zero-order valence-corrected chi connectivity index (χ0v) is 21.3. The van der Waals surface area contributed by atoms with Gasteiger partial charge in [0.2, 0.25) is 0 Å². The van der Waals surface area contributed by atoms with Crippen molar-refractivity contribution in [2.24, 2.45) is 0 Å². The zero-order valence-electron chi connectivity index (χ0n) is 21.3. The normalized spacial score (nSPS) is 14.8. The number of carbonyl (C=O) groups is 1. The second-order valence-electron chi connectivity index (χ2n) is 9.52. The molecule has 8 heteroatoms. The molecule has 3 N–H and O–H groups in total. The maximum Gasteiger partial charge on any atom is 0.252 e. The number of hydrogen-bond donors (Lipinski definition) is 3.